The number of hydrogen-bond acceptors (Lipinski definition) is 5. The highest BCUT2D eigenvalue weighted by Gasteiger charge is 2.21. The van der Waals surface area contributed by atoms with Gasteiger partial charge in [-0.05, 0) is 45.2 Å². The average molecular weight is 406 g/mol. The van der Waals surface area contributed by atoms with Gasteiger partial charge in [0.2, 0.25) is 0 Å². The number of benzene rings is 1. The average Bonchev–Trinajstić information content (AvgIpc) is 3.35. The summed E-state index contributed by atoms with van der Waals surface area (Å²) in [7, 11) is 1.70. The van der Waals surface area contributed by atoms with Crippen LogP contribution in [0.4, 0.5) is 0 Å². The van der Waals surface area contributed by atoms with E-state index < -0.39 is 0 Å². The molecule has 0 aromatic heterocycles. The minimum atomic E-state index is 0.217. The van der Waals surface area contributed by atoms with Crippen molar-refractivity contribution < 1.29 is 18.9 Å². The second-order valence-electron chi connectivity index (χ2n) is 7.59. The van der Waals surface area contributed by atoms with Crippen molar-refractivity contribution in [1.82, 2.24) is 10.6 Å². The smallest absolute Gasteiger partial charge is 0.191 e. The Kier molecular flexibility index (Phi) is 8.43. The SMILES string of the molecule is CCNC(=NCc1cc2c(cc1OC)CC(C)O2)NCCCOCC1CCCO1. The Balaban J connectivity index is 1.46. The summed E-state index contributed by atoms with van der Waals surface area (Å²) >= 11 is 0. The topological polar surface area (TPSA) is 73.3 Å². The van der Waals surface area contributed by atoms with Crippen LogP contribution in [0.25, 0.3) is 0 Å². The third-order valence-corrected chi connectivity index (χ3v) is 5.14. The summed E-state index contributed by atoms with van der Waals surface area (Å²) in [6, 6.07) is 4.14. The fraction of sp³-hybridized carbons (Fsp3) is 0.682. The van der Waals surface area contributed by atoms with Crippen LogP contribution in [0.3, 0.4) is 0 Å². The minimum Gasteiger partial charge on any atom is -0.496 e. The van der Waals surface area contributed by atoms with Crippen LogP contribution >= 0.6 is 0 Å². The molecule has 1 fully saturated rings. The van der Waals surface area contributed by atoms with Crippen LogP contribution in [-0.4, -0.2) is 58.2 Å². The van der Waals surface area contributed by atoms with Gasteiger partial charge in [0.25, 0.3) is 0 Å². The first-order valence-electron chi connectivity index (χ1n) is 10.8. The molecule has 0 aliphatic carbocycles. The lowest BCUT2D eigenvalue weighted by atomic mass is 10.1. The summed E-state index contributed by atoms with van der Waals surface area (Å²) < 4.78 is 22.7. The molecule has 2 aliphatic heterocycles. The number of rotatable bonds is 10. The quantitative estimate of drug-likeness (QED) is 0.354. The molecule has 2 N–H and O–H groups in total. The largest absolute Gasteiger partial charge is 0.496 e. The first-order valence-corrected chi connectivity index (χ1v) is 10.8. The van der Waals surface area contributed by atoms with E-state index in [9.17, 15) is 0 Å². The molecule has 3 rings (SSSR count). The molecule has 0 saturated carbocycles. The van der Waals surface area contributed by atoms with Crippen molar-refractivity contribution in [2.75, 3.05) is 40.0 Å². The molecule has 2 atom stereocenters. The van der Waals surface area contributed by atoms with Gasteiger partial charge in [-0.1, -0.05) is 0 Å². The molecule has 7 nitrogen and oxygen atoms in total. The first kappa shape index (κ1) is 21.7. The number of nitrogens with zero attached hydrogens (tertiary/aromatic N) is 1. The minimum absolute atomic E-state index is 0.217. The first-order chi connectivity index (χ1) is 14.2. The summed E-state index contributed by atoms with van der Waals surface area (Å²) in [4.78, 5) is 4.72. The standard InChI is InChI=1S/C22H35N3O4/c1-4-23-22(24-8-6-9-27-15-19-7-5-10-28-19)25-14-18-13-21-17(11-16(2)29-21)12-20(18)26-3/h12-13,16,19H,4-11,14-15H2,1-3H3,(H2,23,24,25). The van der Waals surface area contributed by atoms with E-state index in [0.29, 0.717) is 13.2 Å². The molecular weight excluding hydrogens is 370 g/mol. The van der Waals surface area contributed by atoms with Gasteiger partial charge in [0.05, 0.1) is 26.4 Å². The number of nitrogens with one attached hydrogen (secondary N) is 2. The van der Waals surface area contributed by atoms with Crippen LogP contribution in [0.15, 0.2) is 17.1 Å². The number of ether oxygens (including phenoxy) is 4. The Hall–Kier alpha value is -1.99. The van der Waals surface area contributed by atoms with Crippen molar-refractivity contribution in [3.63, 3.8) is 0 Å². The Morgan fingerprint density at radius 1 is 1.31 bits per heavy atom. The highest BCUT2D eigenvalue weighted by Crippen LogP contribution is 2.35. The fourth-order valence-electron chi connectivity index (χ4n) is 3.67. The molecule has 7 heteroatoms. The van der Waals surface area contributed by atoms with Gasteiger partial charge >= 0.3 is 0 Å². The highest BCUT2D eigenvalue weighted by molar-refractivity contribution is 5.79. The Morgan fingerprint density at radius 3 is 2.97 bits per heavy atom. The summed E-state index contributed by atoms with van der Waals surface area (Å²) in [5.74, 6) is 2.61. The van der Waals surface area contributed by atoms with Crippen molar-refractivity contribution in [2.45, 2.75) is 58.3 Å². The number of fused-ring (bicyclic) bond motifs is 1. The molecule has 1 aromatic rings. The van der Waals surface area contributed by atoms with Crippen LogP contribution in [-0.2, 0) is 22.4 Å². The van der Waals surface area contributed by atoms with Crippen molar-refractivity contribution in [1.29, 1.82) is 0 Å². The highest BCUT2D eigenvalue weighted by atomic mass is 16.5. The maximum atomic E-state index is 5.88. The van der Waals surface area contributed by atoms with Gasteiger partial charge in [-0.2, -0.15) is 0 Å². The van der Waals surface area contributed by atoms with Crippen molar-refractivity contribution in [2.24, 2.45) is 4.99 Å². The van der Waals surface area contributed by atoms with E-state index in [1.54, 1.807) is 7.11 Å². The third-order valence-electron chi connectivity index (χ3n) is 5.14. The molecule has 2 unspecified atom stereocenters. The molecule has 162 valence electrons. The van der Waals surface area contributed by atoms with Crippen LogP contribution in [0.1, 0.15) is 44.2 Å². The van der Waals surface area contributed by atoms with Crippen LogP contribution in [0, 0.1) is 0 Å². The van der Waals surface area contributed by atoms with Crippen LogP contribution in [0.5, 0.6) is 11.5 Å². The predicted molar refractivity (Wildman–Crippen MR) is 114 cm³/mol. The van der Waals surface area contributed by atoms with Gasteiger partial charge in [-0.25, -0.2) is 4.99 Å². The van der Waals surface area contributed by atoms with Crippen LogP contribution < -0.4 is 20.1 Å². The third kappa shape index (κ3) is 6.51. The fourth-order valence-corrected chi connectivity index (χ4v) is 3.67. The molecule has 0 amide bonds. The lowest BCUT2D eigenvalue weighted by Gasteiger charge is -2.14. The zero-order chi connectivity index (χ0) is 20.5. The van der Waals surface area contributed by atoms with Gasteiger partial charge in [0, 0.05) is 43.9 Å². The van der Waals surface area contributed by atoms with Gasteiger partial charge in [0.1, 0.15) is 17.6 Å². The molecule has 0 spiro atoms. The molecule has 1 aromatic carbocycles. The summed E-state index contributed by atoms with van der Waals surface area (Å²) in [6.07, 6.45) is 4.62. The Labute approximate surface area is 174 Å². The van der Waals surface area contributed by atoms with E-state index in [0.717, 1.165) is 75.0 Å². The molecule has 2 aliphatic rings. The molecule has 0 radical (unpaired) electrons. The molecule has 0 bridgehead atoms. The number of guanidine groups is 1. The van der Waals surface area contributed by atoms with Gasteiger partial charge in [-0.15, -0.1) is 0 Å². The number of aliphatic imine (C=N–C) groups is 1. The van der Waals surface area contributed by atoms with Crippen molar-refractivity contribution in [3.8, 4) is 11.5 Å². The lowest BCUT2D eigenvalue weighted by molar-refractivity contribution is 0.0168. The van der Waals surface area contributed by atoms with E-state index in [2.05, 4.69) is 36.6 Å². The lowest BCUT2D eigenvalue weighted by Crippen LogP contribution is -2.38. The van der Waals surface area contributed by atoms with Gasteiger partial charge in [0.15, 0.2) is 5.96 Å². The Morgan fingerprint density at radius 2 is 2.21 bits per heavy atom. The number of methoxy groups -OCH3 is 1. The van der Waals surface area contributed by atoms with E-state index in [1.807, 2.05) is 0 Å². The normalized spacial score (nSPS) is 21.0. The van der Waals surface area contributed by atoms with Crippen molar-refractivity contribution >= 4 is 5.96 Å². The monoisotopic (exact) mass is 405 g/mol. The van der Waals surface area contributed by atoms with Crippen molar-refractivity contribution in [3.05, 3.63) is 23.3 Å². The summed E-state index contributed by atoms with van der Waals surface area (Å²) in [5.41, 5.74) is 2.23. The maximum absolute atomic E-state index is 5.88. The molecule has 29 heavy (non-hydrogen) atoms. The Bertz CT molecular complexity index is 674. The molecular formula is C22H35N3O4. The zero-order valence-electron chi connectivity index (χ0n) is 18.0. The van der Waals surface area contributed by atoms with Gasteiger partial charge in [-0.3, -0.25) is 0 Å². The van der Waals surface area contributed by atoms with Crippen LogP contribution in [0.2, 0.25) is 0 Å². The maximum Gasteiger partial charge on any atom is 0.191 e. The van der Waals surface area contributed by atoms with E-state index >= 15 is 0 Å². The number of hydrogen-bond donors (Lipinski definition) is 2. The van der Waals surface area contributed by atoms with E-state index in [-0.39, 0.29) is 12.2 Å². The molecule has 2 heterocycles. The second kappa shape index (κ2) is 11.3. The van der Waals surface area contributed by atoms with E-state index in [4.69, 9.17) is 23.9 Å². The summed E-state index contributed by atoms with van der Waals surface area (Å²) in [6.45, 7) is 8.59. The van der Waals surface area contributed by atoms with Gasteiger partial charge < -0.3 is 29.6 Å². The molecule has 1 saturated heterocycles. The van der Waals surface area contributed by atoms with E-state index in [1.165, 1.54) is 5.56 Å². The zero-order valence-corrected chi connectivity index (χ0v) is 18.0. The summed E-state index contributed by atoms with van der Waals surface area (Å²) in [5, 5.41) is 6.66. The second-order valence-corrected chi connectivity index (χ2v) is 7.59. The predicted octanol–water partition coefficient (Wildman–Crippen LogP) is 2.66.